The zero-order chi connectivity index (χ0) is 23.6. The van der Waals surface area contributed by atoms with Crippen LogP contribution in [0.3, 0.4) is 0 Å². The molecule has 0 radical (unpaired) electrons. The number of rotatable bonds is 5. The summed E-state index contributed by atoms with van der Waals surface area (Å²) in [6.07, 6.45) is 1.64. The van der Waals surface area contributed by atoms with Crippen molar-refractivity contribution in [2.45, 2.75) is 45.8 Å². The Morgan fingerprint density at radius 2 is 1.97 bits per heavy atom. The van der Waals surface area contributed by atoms with Crippen molar-refractivity contribution in [2.24, 2.45) is 5.92 Å². The fraction of sp³-hybridized carbons (Fsp3) is 0.440. The molecule has 1 saturated heterocycles. The zero-order valence-electron chi connectivity index (χ0n) is 19.2. The van der Waals surface area contributed by atoms with Gasteiger partial charge in [0.1, 0.15) is 5.60 Å². The number of carbonyl (C=O) groups excluding carboxylic acids is 1. The number of hydrogen-bond acceptors (Lipinski definition) is 4. The Bertz CT molecular complexity index is 1140. The normalized spacial score (nSPS) is 16.8. The van der Waals surface area contributed by atoms with E-state index in [1.165, 1.54) is 0 Å². The van der Waals surface area contributed by atoms with Gasteiger partial charge in [-0.2, -0.15) is 4.98 Å². The van der Waals surface area contributed by atoms with Crippen LogP contribution < -0.4 is 4.74 Å². The van der Waals surface area contributed by atoms with Crippen molar-refractivity contribution in [1.82, 2.24) is 14.5 Å². The molecule has 0 spiro atoms. The van der Waals surface area contributed by atoms with Crippen molar-refractivity contribution in [3.63, 3.8) is 0 Å². The van der Waals surface area contributed by atoms with Gasteiger partial charge < -0.3 is 14.4 Å². The lowest BCUT2D eigenvalue weighted by molar-refractivity contribution is 0.0136. The van der Waals surface area contributed by atoms with E-state index >= 15 is 0 Å². The molecule has 1 unspecified atom stereocenters. The van der Waals surface area contributed by atoms with Crippen molar-refractivity contribution < 1.29 is 14.3 Å². The lowest BCUT2D eigenvalue weighted by atomic mass is 9.99. The number of nitrogens with zero attached hydrogens (tertiary/aromatic N) is 3. The summed E-state index contributed by atoms with van der Waals surface area (Å²) in [5.74, 6) is 0.207. The molecule has 1 aliphatic rings. The van der Waals surface area contributed by atoms with Gasteiger partial charge in [0.15, 0.2) is 0 Å². The van der Waals surface area contributed by atoms with Crippen LogP contribution in [0, 0.1) is 5.92 Å². The highest BCUT2D eigenvalue weighted by Crippen LogP contribution is 2.28. The summed E-state index contributed by atoms with van der Waals surface area (Å²) in [6.45, 7) is 7.95. The monoisotopic (exact) mass is 489 g/mol. The molecule has 0 N–H and O–H groups in total. The fourth-order valence-electron chi connectivity index (χ4n) is 4.02. The number of amides is 1. The SMILES string of the molecule is CC(C)(C)OC(=O)N1CCCC(COc2nc3ccccc3n2Cc2ccc(Cl)cc2Cl)C1. The lowest BCUT2D eigenvalue weighted by Crippen LogP contribution is -2.44. The van der Waals surface area contributed by atoms with Crippen LogP contribution in [0.2, 0.25) is 10.0 Å². The minimum Gasteiger partial charge on any atom is -0.464 e. The number of imidazole rings is 1. The summed E-state index contributed by atoms with van der Waals surface area (Å²) >= 11 is 12.5. The van der Waals surface area contributed by atoms with Crippen molar-refractivity contribution in [1.29, 1.82) is 0 Å². The largest absolute Gasteiger partial charge is 0.464 e. The Balaban J connectivity index is 1.49. The number of fused-ring (bicyclic) bond motifs is 1. The van der Waals surface area contributed by atoms with E-state index in [0.29, 0.717) is 42.3 Å². The second-order valence-corrected chi connectivity index (χ2v) is 10.3. The Morgan fingerprint density at radius 3 is 2.73 bits per heavy atom. The van der Waals surface area contributed by atoms with Gasteiger partial charge >= 0.3 is 6.09 Å². The molecule has 1 atom stereocenters. The maximum Gasteiger partial charge on any atom is 0.410 e. The molecule has 2 aromatic carbocycles. The first-order valence-electron chi connectivity index (χ1n) is 11.2. The average molecular weight is 490 g/mol. The summed E-state index contributed by atoms with van der Waals surface area (Å²) in [7, 11) is 0. The molecule has 8 heteroatoms. The van der Waals surface area contributed by atoms with Gasteiger partial charge in [0.2, 0.25) is 0 Å². The summed E-state index contributed by atoms with van der Waals surface area (Å²) in [4.78, 5) is 19.0. The van der Waals surface area contributed by atoms with Crippen LogP contribution in [0.25, 0.3) is 11.0 Å². The molecular formula is C25H29Cl2N3O3. The van der Waals surface area contributed by atoms with E-state index in [-0.39, 0.29) is 12.0 Å². The molecule has 1 aromatic heterocycles. The van der Waals surface area contributed by atoms with Crippen molar-refractivity contribution in [3.8, 4) is 6.01 Å². The molecule has 176 valence electrons. The lowest BCUT2D eigenvalue weighted by Gasteiger charge is -2.33. The molecule has 0 aliphatic carbocycles. The van der Waals surface area contributed by atoms with Gasteiger partial charge in [-0.25, -0.2) is 4.79 Å². The second kappa shape index (κ2) is 9.82. The number of halogens is 2. The van der Waals surface area contributed by atoms with Crippen molar-refractivity contribution in [2.75, 3.05) is 19.7 Å². The molecule has 2 heterocycles. The number of likely N-dealkylation sites (tertiary alicyclic amines) is 1. The molecule has 1 amide bonds. The minimum absolute atomic E-state index is 0.207. The molecule has 6 nitrogen and oxygen atoms in total. The molecule has 1 fully saturated rings. The topological polar surface area (TPSA) is 56.6 Å². The maximum atomic E-state index is 12.5. The smallest absolute Gasteiger partial charge is 0.410 e. The molecule has 4 rings (SSSR count). The van der Waals surface area contributed by atoms with E-state index in [4.69, 9.17) is 37.7 Å². The van der Waals surface area contributed by atoms with Gasteiger partial charge in [-0.15, -0.1) is 0 Å². The number of piperidine rings is 1. The third-order valence-electron chi connectivity index (χ3n) is 5.58. The van der Waals surface area contributed by atoms with E-state index in [1.807, 2.05) is 61.7 Å². The van der Waals surface area contributed by atoms with Gasteiger partial charge in [0.05, 0.1) is 24.2 Å². The first kappa shape index (κ1) is 23.7. The van der Waals surface area contributed by atoms with Gasteiger partial charge in [0, 0.05) is 29.1 Å². The molecular weight excluding hydrogens is 461 g/mol. The number of para-hydroxylation sites is 2. The van der Waals surface area contributed by atoms with Gasteiger partial charge in [0.25, 0.3) is 6.01 Å². The van der Waals surface area contributed by atoms with Crippen LogP contribution in [-0.2, 0) is 11.3 Å². The highest BCUT2D eigenvalue weighted by atomic mass is 35.5. The minimum atomic E-state index is -0.506. The summed E-state index contributed by atoms with van der Waals surface area (Å²) in [5, 5.41) is 1.20. The third kappa shape index (κ3) is 5.92. The summed E-state index contributed by atoms with van der Waals surface area (Å²) in [5.41, 5.74) is 2.26. The standard InChI is InChI=1S/C25H29Cl2N3O3/c1-25(2,3)33-24(31)29-12-6-7-17(14-29)16-32-23-28-21-8-4-5-9-22(21)30(23)15-18-10-11-19(26)13-20(18)27/h4-5,8-11,13,17H,6-7,12,14-16H2,1-3H3. The number of aromatic nitrogens is 2. The van der Waals surface area contributed by atoms with Crippen LogP contribution >= 0.6 is 23.2 Å². The molecule has 0 saturated carbocycles. The Kier molecular flexibility index (Phi) is 7.05. The van der Waals surface area contributed by atoms with E-state index in [2.05, 4.69) is 0 Å². The van der Waals surface area contributed by atoms with Crippen LogP contribution in [0.1, 0.15) is 39.2 Å². The first-order chi connectivity index (χ1) is 15.7. The maximum absolute atomic E-state index is 12.5. The Hall–Kier alpha value is -2.44. The Labute approximate surface area is 204 Å². The van der Waals surface area contributed by atoms with Gasteiger partial charge in [-0.1, -0.05) is 41.4 Å². The number of hydrogen-bond donors (Lipinski definition) is 0. The number of carbonyl (C=O) groups is 1. The fourth-order valence-corrected chi connectivity index (χ4v) is 4.49. The summed E-state index contributed by atoms with van der Waals surface area (Å²) in [6, 6.07) is 13.9. The zero-order valence-corrected chi connectivity index (χ0v) is 20.7. The number of benzene rings is 2. The number of ether oxygens (including phenoxy) is 2. The van der Waals surface area contributed by atoms with E-state index in [0.717, 1.165) is 29.4 Å². The average Bonchev–Trinajstić information content (AvgIpc) is 3.10. The highest BCUT2D eigenvalue weighted by Gasteiger charge is 2.28. The molecule has 1 aliphatic heterocycles. The second-order valence-electron chi connectivity index (χ2n) is 9.45. The van der Waals surface area contributed by atoms with Crippen LogP contribution in [0.15, 0.2) is 42.5 Å². The highest BCUT2D eigenvalue weighted by molar-refractivity contribution is 6.35. The van der Waals surface area contributed by atoms with Gasteiger partial charge in [-0.05, 0) is 63.4 Å². The van der Waals surface area contributed by atoms with E-state index in [9.17, 15) is 4.79 Å². The van der Waals surface area contributed by atoms with Gasteiger partial charge in [-0.3, -0.25) is 4.57 Å². The predicted molar refractivity (Wildman–Crippen MR) is 131 cm³/mol. The molecule has 33 heavy (non-hydrogen) atoms. The summed E-state index contributed by atoms with van der Waals surface area (Å²) < 4.78 is 13.8. The van der Waals surface area contributed by atoms with Crippen molar-refractivity contribution >= 4 is 40.3 Å². The van der Waals surface area contributed by atoms with Crippen molar-refractivity contribution in [3.05, 3.63) is 58.1 Å². The molecule has 3 aromatic rings. The van der Waals surface area contributed by atoms with E-state index < -0.39 is 5.60 Å². The quantitative estimate of drug-likeness (QED) is 0.414. The molecule has 0 bridgehead atoms. The first-order valence-corrected chi connectivity index (χ1v) is 11.9. The van der Waals surface area contributed by atoms with Crippen LogP contribution in [-0.4, -0.2) is 45.8 Å². The van der Waals surface area contributed by atoms with E-state index in [1.54, 1.807) is 11.0 Å². The Morgan fingerprint density at radius 1 is 1.18 bits per heavy atom. The van der Waals surface area contributed by atoms with Crippen LogP contribution in [0.5, 0.6) is 6.01 Å². The van der Waals surface area contributed by atoms with Crippen LogP contribution in [0.4, 0.5) is 4.79 Å². The third-order valence-corrected chi connectivity index (χ3v) is 6.17. The predicted octanol–water partition coefficient (Wildman–Crippen LogP) is 6.42.